The van der Waals surface area contributed by atoms with Gasteiger partial charge in [0.25, 0.3) is 5.56 Å². The molecule has 0 N–H and O–H groups in total. The van der Waals surface area contributed by atoms with Gasteiger partial charge < -0.3 is 4.57 Å². The average Bonchev–Trinajstić information content (AvgIpc) is 2.13. The quantitative estimate of drug-likeness (QED) is 0.713. The van der Waals surface area contributed by atoms with Crippen LogP contribution in [0.15, 0.2) is 34.2 Å². The van der Waals surface area contributed by atoms with Crippen molar-refractivity contribution in [3.05, 3.63) is 45.4 Å². The highest BCUT2D eigenvalue weighted by molar-refractivity contribution is 6.25. The SMILES string of the molecule is C/C(=C/Cl)Cn1cccc(C)c1=O. The molecule has 0 amide bonds. The third kappa shape index (κ3) is 2.46. The van der Waals surface area contributed by atoms with E-state index >= 15 is 0 Å². The van der Waals surface area contributed by atoms with Gasteiger partial charge in [0.1, 0.15) is 0 Å². The second-order valence-electron chi connectivity index (χ2n) is 3.08. The maximum Gasteiger partial charge on any atom is 0.253 e. The Balaban J connectivity index is 3.03. The zero-order chi connectivity index (χ0) is 9.84. The predicted octanol–water partition coefficient (Wildman–Crippen LogP) is 2.30. The number of halogens is 1. The minimum Gasteiger partial charge on any atom is -0.311 e. The zero-order valence-corrected chi connectivity index (χ0v) is 8.51. The first kappa shape index (κ1) is 10.1. The van der Waals surface area contributed by atoms with Gasteiger partial charge in [0, 0.05) is 23.8 Å². The standard InChI is InChI=1S/C10H12ClNO/c1-8(6-11)7-12-5-3-4-9(2)10(12)13/h3-6H,7H2,1-2H3/b8-6-. The molecule has 1 aromatic rings. The summed E-state index contributed by atoms with van der Waals surface area (Å²) >= 11 is 5.52. The van der Waals surface area contributed by atoms with E-state index in [2.05, 4.69) is 0 Å². The van der Waals surface area contributed by atoms with Gasteiger partial charge in [0.15, 0.2) is 0 Å². The van der Waals surface area contributed by atoms with E-state index < -0.39 is 0 Å². The summed E-state index contributed by atoms with van der Waals surface area (Å²) in [4.78, 5) is 11.5. The number of aryl methyl sites for hydroxylation is 1. The van der Waals surface area contributed by atoms with E-state index in [1.54, 1.807) is 23.8 Å². The normalized spacial score (nSPS) is 11.8. The molecule has 0 saturated heterocycles. The van der Waals surface area contributed by atoms with Gasteiger partial charge in [-0.2, -0.15) is 0 Å². The summed E-state index contributed by atoms with van der Waals surface area (Å²) in [6.07, 6.45) is 1.76. The molecule has 1 heterocycles. The number of allylic oxidation sites excluding steroid dienone is 1. The molecule has 0 aliphatic rings. The van der Waals surface area contributed by atoms with Crippen molar-refractivity contribution in [2.45, 2.75) is 20.4 Å². The van der Waals surface area contributed by atoms with Crippen molar-refractivity contribution < 1.29 is 0 Å². The van der Waals surface area contributed by atoms with Gasteiger partial charge in [-0.1, -0.05) is 17.7 Å². The molecule has 0 spiro atoms. The molecule has 0 fully saturated rings. The van der Waals surface area contributed by atoms with E-state index in [0.717, 1.165) is 11.1 Å². The van der Waals surface area contributed by atoms with E-state index in [9.17, 15) is 4.79 Å². The first-order valence-corrected chi connectivity index (χ1v) is 4.50. The van der Waals surface area contributed by atoms with Crippen LogP contribution in [0.25, 0.3) is 0 Å². The smallest absolute Gasteiger partial charge is 0.253 e. The lowest BCUT2D eigenvalue weighted by Crippen LogP contribution is -2.21. The highest BCUT2D eigenvalue weighted by Gasteiger charge is 1.98. The Bertz CT molecular complexity index is 379. The Kier molecular flexibility index (Phi) is 3.32. The minimum atomic E-state index is 0.0420. The van der Waals surface area contributed by atoms with E-state index in [-0.39, 0.29) is 5.56 Å². The molecule has 2 nitrogen and oxygen atoms in total. The Hall–Kier alpha value is -1.02. The summed E-state index contributed by atoms with van der Waals surface area (Å²) in [6, 6.07) is 3.66. The molecule has 0 bridgehead atoms. The third-order valence-corrected chi connectivity index (χ3v) is 2.19. The van der Waals surface area contributed by atoms with E-state index in [1.165, 1.54) is 5.54 Å². The monoisotopic (exact) mass is 197 g/mol. The second-order valence-corrected chi connectivity index (χ2v) is 3.30. The molecule has 0 aliphatic heterocycles. The lowest BCUT2D eigenvalue weighted by atomic mass is 10.3. The molecule has 0 saturated carbocycles. The second kappa shape index (κ2) is 4.28. The molecule has 1 rings (SSSR count). The fourth-order valence-electron chi connectivity index (χ4n) is 1.08. The fraction of sp³-hybridized carbons (Fsp3) is 0.300. The average molecular weight is 198 g/mol. The first-order chi connectivity index (χ1) is 6.15. The summed E-state index contributed by atoms with van der Waals surface area (Å²) in [6.45, 7) is 4.25. The molecule has 1 aromatic heterocycles. The van der Waals surface area contributed by atoms with Gasteiger partial charge in [-0.05, 0) is 25.5 Å². The summed E-state index contributed by atoms with van der Waals surface area (Å²) < 4.78 is 1.64. The highest BCUT2D eigenvalue weighted by atomic mass is 35.5. The summed E-state index contributed by atoms with van der Waals surface area (Å²) in [5.74, 6) is 0. The van der Waals surface area contributed by atoms with Crippen LogP contribution in [-0.2, 0) is 6.54 Å². The lowest BCUT2D eigenvalue weighted by Gasteiger charge is -2.05. The number of hydrogen-bond donors (Lipinski definition) is 0. The van der Waals surface area contributed by atoms with Crippen LogP contribution in [0.2, 0.25) is 0 Å². The van der Waals surface area contributed by atoms with Crippen LogP contribution >= 0.6 is 11.6 Å². The number of pyridine rings is 1. The molecule has 13 heavy (non-hydrogen) atoms. The maximum atomic E-state index is 11.5. The first-order valence-electron chi connectivity index (χ1n) is 4.07. The maximum absolute atomic E-state index is 11.5. The Morgan fingerprint density at radius 2 is 2.38 bits per heavy atom. The largest absolute Gasteiger partial charge is 0.311 e. The van der Waals surface area contributed by atoms with Crippen molar-refractivity contribution in [1.82, 2.24) is 4.57 Å². The van der Waals surface area contributed by atoms with Crippen molar-refractivity contribution >= 4 is 11.6 Å². The third-order valence-electron chi connectivity index (χ3n) is 1.82. The molecular formula is C10H12ClNO. The van der Waals surface area contributed by atoms with E-state index in [1.807, 2.05) is 13.0 Å². The molecule has 0 radical (unpaired) electrons. The predicted molar refractivity (Wildman–Crippen MR) is 55.0 cm³/mol. The summed E-state index contributed by atoms with van der Waals surface area (Å²) in [7, 11) is 0. The van der Waals surface area contributed by atoms with Crippen molar-refractivity contribution in [3.63, 3.8) is 0 Å². The molecule has 0 unspecified atom stereocenters. The van der Waals surface area contributed by atoms with Crippen molar-refractivity contribution in [2.75, 3.05) is 0 Å². The van der Waals surface area contributed by atoms with Crippen LogP contribution in [-0.4, -0.2) is 4.57 Å². The van der Waals surface area contributed by atoms with Crippen LogP contribution in [0.5, 0.6) is 0 Å². The lowest BCUT2D eigenvalue weighted by molar-refractivity contribution is 0.741. The van der Waals surface area contributed by atoms with Gasteiger partial charge in [-0.25, -0.2) is 0 Å². The number of nitrogens with zero attached hydrogens (tertiary/aromatic N) is 1. The van der Waals surface area contributed by atoms with Gasteiger partial charge in [0.2, 0.25) is 0 Å². The minimum absolute atomic E-state index is 0.0420. The zero-order valence-electron chi connectivity index (χ0n) is 7.75. The van der Waals surface area contributed by atoms with Crippen LogP contribution in [0.4, 0.5) is 0 Å². The van der Waals surface area contributed by atoms with Gasteiger partial charge in [0.05, 0.1) is 0 Å². The Morgan fingerprint density at radius 3 is 3.00 bits per heavy atom. The molecule has 3 heteroatoms. The molecule has 0 atom stereocenters. The topological polar surface area (TPSA) is 22.0 Å². The number of aromatic nitrogens is 1. The van der Waals surface area contributed by atoms with Gasteiger partial charge in [-0.3, -0.25) is 4.79 Å². The van der Waals surface area contributed by atoms with Crippen LogP contribution in [0.3, 0.4) is 0 Å². The number of rotatable bonds is 2. The van der Waals surface area contributed by atoms with Crippen molar-refractivity contribution in [2.24, 2.45) is 0 Å². The Labute approximate surface area is 82.5 Å². The molecular weight excluding hydrogens is 186 g/mol. The molecule has 0 aromatic carbocycles. The van der Waals surface area contributed by atoms with Crippen LogP contribution in [0.1, 0.15) is 12.5 Å². The van der Waals surface area contributed by atoms with E-state index in [4.69, 9.17) is 11.6 Å². The highest BCUT2D eigenvalue weighted by Crippen LogP contribution is 1.99. The van der Waals surface area contributed by atoms with Gasteiger partial charge >= 0.3 is 0 Å². The van der Waals surface area contributed by atoms with Crippen LogP contribution in [0, 0.1) is 6.92 Å². The van der Waals surface area contributed by atoms with Crippen LogP contribution < -0.4 is 5.56 Å². The molecule has 0 aliphatic carbocycles. The summed E-state index contributed by atoms with van der Waals surface area (Å²) in [5.41, 5.74) is 3.26. The Morgan fingerprint density at radius 1 is 1.69 bits per heavy atom. The molecule has 70 valence electrons. The fourth-order valence-corrected chi connectivity index (χ4v) is 1.15. The van der Waals surface area contributed by atoms with Crippen molar-refractivity contribution in [3.8, 4) is 0 Å². The van der Waals surface area contributed by atoms with Crippen molar-refractivity contribution in [1.29, 1.82) is 0 Å². The number of hydrogen-bond acceptors (Lipinski definition) is 1. The van der Waals surface area contributed by atoms with E-state index in [0.29, 0.717) is 6.54 Å². The summed E-state index contributed by atoms with van der Waals surface area (Å²) in [5, 5.41) is 0. The van der Waals surface area contributed by atoms with Gasteiger partial charge in [-0.15, -0.1) is 0 Å².